The van der Waals surface area contributed by atoms with Crippen molar-refractivity contribution in [1.29, 1.82) is 0 Å². The number of carbonyl (C=O) groups is 1. The second-order valence-corrected chi connectivity index (χ2v) is 31.9. The molecule has 117 heavy (non-hydrogen) atoms. The van der Waals surface area contributed by atoms with Gasteiger partial charge in [0.25, 0.3) is 0 Å². The molecule has 0 bridgehead atoms. The van der Waals surface area contributed by atoms with Crippen LogP contribution in [-0.2, 0) is 42.0 Å². The zero-order valence-electron chi connectivity index (χ0n) is 65.1. The van der Waals surface area contributed by atoms with E-state index in [2.05, 4.69) is 234 Å². The Morgan fingerprint density at radius 3 is 0.957 bits per heavy atom. The van der Waals surface area contributed by atoms with E-state index in [4.69, 9.17) is 38.1 Å². The fourth-order valence-corrected chi connectivity index (χ4v) is 12.8. The summed E-state index contributed by atoms with van der Waals surface area (Å²) < 4.78 is 28.1. The molecule has 0 radical (unpaired) electrons. The normalized spacial score (nSPS) is 14.8. The maximum absolute atomic E-state index is 10.6. The number of fused-ring (bicyclic) bond motifs is 5. The number of aromatic nitrogens is 25. The van der Waals surface area contributed by atoms with E-state index in [-0.39, 0.29) is 94.5 Å². The average Bonchev–Trinajstić information content (AvgIpc) is 1.67. The van der Waals surface area contributed by atoms with E-state index in [0.29, 0.717) is 56.1 Å². The number of aliphatic hydroxyl groups excluding tert-OH is 1. The van der Waals surface area contributed by atoms with Crippen LogP contribution in [-0.4, -0.2) is 161 Å². The molecule has 5 aliphatic rings. The summed E-state index contributed by atoms with van der Waals surface area (Å²) >= 11 is 6.00. The summed E-state index contributed by atoms with van der Waals surface area (Å²) in [6, 6.07) is 20.8. The molecular weight excluding hydrogens is 1660 g/mol. The number of imidazole rings is 5. The van der Waals surface area contributed by atoms with Gasteiger partial charge >= 0.3 is 52.6 Å². The third-order valence-corrected chi connectivity index (χ3v) is 19.6. The Balaban J connectivity index is 0.000000150. The molecular formula is C75H83BrCl3MgN32NaO3S. The second kappa shape index (κ2) is 41.3. The van der Waals surface area contributed by atoms with Crippen molar-refractivity contribution < 1.29 is 60.6 Å². The molecule has 5 aliphatic carbocycles. The molecule has 5 fully saturated rings. The van der Waals surface area contributed by atoms with Crippen LogP contribution in [0.15, 0.2) is 159 Å². The van der Waals surface area contributed by atoms with E-state index in [0.717, 1.165) is 97.7 Å². The van der Waals surface area contributed by atoms with Crippen molar-refractivity contribution in [1.82, 2.24) is 122 Å². The number of pyridine rings is 5. The number of halogens is 4. The molecule has 3 N–H and O–H groups in total. The quantitative estimate of drug-likeness (QED) is 0.0101. The Morgan fingerprint density at radius 2 is 0.718 bits per heavy atom. The minimum atomic E-state index is -1.67. The van der Waals surface area contributed by atoms with Crippen molar-refractivity contribution >= 4 is 99.8 Å². The molecule has 4 atom stereocenters. The van der Waals surface area contributed by atoms with Crippen LogP contribution in [0.2, 0.25) is 0 Å². The van der Waals surface area contributed by atoms with Gasteiger partial charge in [0.2, 0.25) is 9.23 Å². The van der Waals surface area contributed by atoms with E-state index in [9.17, 15) is 9.90 Å². The monoisotopic (exact) mass is 1740 g/mol. The molecule has 35 nitrogen and oxygen atoms in total. The molecule has 15 aromatic rings. The van der Waals surface area contributed by atoms with Crippen molar-refractivity contribution in [2.75, 3.05) is 0 Å². The number of hydrogen-bond acceptors (Lipinski definition) is 20. The number of azide groups is 1. The summed E-state index contributed by atoms with van der Waals surface area (Å²) in [5, 5.41) is 53.0. The second-order valence-electron chi connectivity index (χ2n) is 28.7. The smallest absolute Gasteiger partial charge is 1.00 e. The molecule has 0 saturated heterocycles. The molecule has 15 heterocycles. The summed E-state index contributed by atoms with van der Waals surface area (Å²) in [7, 11) is 7.36. The van der Waals surface area contributed by atoms with Crippen molar-refractivity contribution in [3.63, 3.8) is 0 Å². The van der Waals surface area contributed by atoms with Crippen molar-refractivity contribution in [3.05, 3.63) is 272 Å². The maximum atomic E-state index is 10.6. The van der Waals surface area contributed by atoms with Gasteiger partial charge in [-0.3, -0.25) is 9.71 Å². The zero-order valence-corrected chi connectivity index (χ0v) is 73.2. The first kappa shape index (κ1) is 90.0. The topological polar surface area (TPSA) is 428 Å². The predicted octanol–water partition coefficient (Wildman–Crippen LogP) is 7.80. The van der Waals surface area contributed by atoms with Crippen LogP contribution in [0.25, 0.3) is 54.7 Å². The fraction of sp³-hybridized carbons (Fsp3) is 0.373. The van der Waals surface area contributed by atoms with Crippen LogP contribution >= 0.6 is 33.0 Å². The van der Waals surface area contributed by atoms with Gasteiger partial charge in [-0.25, -0.2) is 52.5 Å². The minimum Gasteiger partial charge on any atom is -1.00 e. The van der Waals surface area contributed by atoms with Gasteiger partial charge in [0, 0.05) is 100 Å². The molecule has 4 unspecified atom stereocenters. The van der Waals surface area contributed by atoms with Crippen LogP contribution in [0.3, 0.4) is 0 Å². The molecule has 20 rings (SSSR count). The molecule has 0 amide bonds. The molecule has 0 spiro atoms. The Bertz CT molecular complexity index is 5590. The number of carbonyl (C=O) groups excluding carboxylic acids is 1. The Kier molecular flexibility index (Phi) is 31.8. The van der Waals surface area contributed by atoms with Gasteiger partial charge < -0.3 is 68.3 Å². The standard InChI is InChI=1S/C15H16ClN5.C15H16N8.C15H18N6.C15H17N5O.C14H13N5O.CH3.BrH.Cl2OS.Mg.N3.Na/c1-10(16)14-9-21(19-18-14)8-13-7-20-6-12(11-2-3-11)4-5-15(20)17-13;1-10(18-20-16)14-9-23(21-19-14)8-13-7-22-6-12(11-2-3-11)4-5-15(22)17-13;1-10(16)14-9-21(19-18-14)8-13-7-20-6-12(11-2-3-11)4-5-15(20)17-13;1-10(21)14-9-20(18-17-14)8-13-7-19-6-12(11-2-3-11)4-5-15(19)16-13;20-9-13-8-19(17-16-13)7-12-6-18-5-11(10-1-2-10)3-4-14(18)15-12;;;1-4(2)3;;1-3-2;/h4-7,9-11H,2-3,8H2,1H3;4-7,9-11H,2-3,8H2,1H3;4-7,9-11H,2-3,8,16H2,1H3;4-7,9-11,21H,2-3,8H2,1H3;3-6,8-10H,1-2,7H2;1H3;1H;;;;/q;;;;;-1;;;+2;-1;+1/p-1. The van der Waals surface area contributed by atoms with E-state index in [1.54, 1.807) is 55.8 Å². The number of hydrogen-bond donors (Lipinski definition) is 2. The van der Waals surface area contributed by atoms with Crippen molar-refractivity contribution in [3.8, 4) is 0 Å². The van der Waals surface area contributed by atoms with Gasteiger partial charge in [-0.2, -0.15) is 0 Å². The van der Waals surface area contributed by atoms with Crippen molar-refractivity contribution in [2.24, 2.45) is 10.8 Å². The van der Waals surface area contributed by atoms with Gasteiger partial charge in [0.15, 0.2) is 6.29 Å². The number of nitrogens with two attached hydrogens (primary N) is 1. The number of aliphatic hydroxyl groups is 1. The maximum Gasteiger partial charge on any atom is 2.00 e. The van der Waals surface area contributed by atoms with Crippen molar-refractivity contribution in [2.45, 2.75) is 178 Å². The van der Waals surface area contributed by atoms with E-state index in [1.165, 1.54) is 96.9 Å². The molecule has 15 aromatic heterocycles. The first-order valence-corrected chi connectivity index (χ1v) is 40.2. The summed E-state index contributed by atoms with van der Waals surface area (Å²) in [5.74, 6) is 3.71. The Hall–Kier alpha value is -9.37. The van der Waals surface area contributed by atoms with E-state index >= 15 is 0 Å². The van der Waals surface area contributed by atoms with Crippen LogP contribution in [0.5, 0.6) is 0 Å². The Labute approximate surface area is 736 Å². The summed E-state index contributed by atoms with van der Waals surface area (Å²) in [4.78, 5) is 37.9. The third-order valence-electron chi connectivity index (χ3n) is 19.3. The Morgan fingerprint density at radius 1 is 0.462 bits per heavy atom. The number of aldehydes is 1. The molecule has 0 aromatic carbocycles. The average molecular weight is 1750 g/mol. The number of alkyl halides is 1. The van der Waals surface area contributed by atoms with E-state index < -0.39 is 15.3 Å². The molecule has 5 saturated carbocycles. The van der Waals surface area contributed by atoms with Gasteiger partial charge in [-0.1, -0.05) is 68.4 Å². The van der Waals surface area contributed by atoms with Crippen LogP contribution in [0, 0.1) is 7.43 Å². The third kappa shape index (κ3) is 24.9. The van der Waals surface area contributed by atoms with Gasteiger partial charge in [0.05, 0.1) is 115 Å². The van der Waals surface area contributed by atoms with Gasteiger partial charge in [-0.15, -0.1) is 37.1 Å². The largest absolute Gasteiger partial charge is 2.00 e. The summed E-state index contributed by atoms with van der Waals surface area (Å²) in [5.41, 5.74) is 47.4. The van der Waals surface area contributed by atoms with Crippen LogP contribution < -0.4 is 52.3 Å². The molecule has 0 aliphatic heterocycles. The SMILES string of the molecule is CC(Cl)c1cn(Cc2cn3cc(C4CC4)ccc3n2)nn1.CC(N)c1cn(Cc2cn3cc(C4CC4)ccc3n2)nn1.CC(N=[N+]=[N-])c1cn(Cc2cn3cc(C4CC4)ccc3n2)nn1.CC(O)c1cn(Cc2cn3cc(C4CC4)ccc3n2)nn1.O=Cc1cn(Cc2cn3cc(C4CC4)ccc3n2)nn1.O=S(Cl)Cl.[Br-].[CH3-].[Mg+2].[N-]=[N+]=[N-].[Na+]. The number of nitrogens with zero attached hydrogens (tertiary/aromatic N) is 31. The first-order chi connectivity index (χ1) is 54.7. The summed E-state index contributed by atoms with van der Waals surface area (Å²) in [6.45, 7) is 10.1. The summed E-state index contributed by atoms with van der Waals surface area (Å²) in [6.07, 6.45) is 43.1. The first-order valence-electron chi connectivity index (χ1n) is 36.9. The molecule has 598 valence electrons. The van der Waals surface area contributed by atoms with Crippen LogP contribution in [0.4, 0.5) is 0 Å². The predicted molar refractivity (Wildman–Crippen MR) is 434 cm³/mol. The van der Waals surface area contributed by atoms with Crippen LogP contribution in [0.1, 0.15) is 235 Å². The number of rotatable bonds is 21. The fourth-order valence-electron chi connectivity index (χ4n) is 12.7. The molecule has 42 heteroatoms. The van der Waals surface area contributed by atoms with Gasteiger partial charge in [0.1, 0.15) is 45.3 Å². The van der Waals surface area contributed by atoms with E-state index in [1.807, 2.05) is 44.8 Å². The van der Waals surface area contributed by atoms with Gasteiger partial charge in [-0.05, 0) is 178 Å². The zero-order chi connectivity index (χ0) is 78.8. The minimum absolute atomic E-state index is 0.